The van der Waals surface area contributed by atoms with Crippen molar-refractivity contribution in [1.29, 1.82) is 0 Å². The van der Waals surface area contributed by atoms with Crippen LogP contribution in [0.1, 0.15) is 25.0 Å². The quantitative estimate of drug-likeness (QED) is 0.172. The summed E-state index contributed by atoms with van der Waals surface area (Å²) in [5.41, 5.74) is 13.2. The third kappa shape index (κ3) is 4.90. The van der Waals surface area contributed by atoms with Gasteiger partial charge in [-0.05, 0) is 110 Å². The van der Waals surface area contributed by atoms with E-state index in [1.54, 1.807) is 0 Å². The summed E-state index contributed by atoms with van der Waals surface area (Å²) in [7, 11) is 0. The predicted molar refractivity (Wildman–Crippen MR) is 225 cm³/mol. The van der Waals surface area contributed by atoms with E-state index in [-0.39, 0.29) is 5.41 Å². The Labute approximate surface area is 313 Å². The molecule has 1 nitrogen and oxygen atoms in total. The van der Waals surface area contributed by atoms with E-state index in [9.17, 15) is 0 Å². The zero-order valence-electron chi connectivity index (χ0n) is 28.9. The molecule has 1 heterocycles. The fourth-order valence-corrected chi connectivity index (χ4v) is 9.74. The molecule has 0 unspecified atom stereocenters. The molecule has 0 fully saturated rings. The van der Waals surface area contributed by atoms with Crippen molar-refractivity contribution in [2.45, 2.75) is 19.3 Å². The first-order valence-electron chi connectivity index (χ1n) is 17.8. The molecule has 8 aromatic carbocycles. The van der Waals surface area contributed by atoms with Crippen LogP contribution in [0.5, 0.6) is 0 Å². The minimum atomic E-state index is -0.0526. The summed E-state index contributed by atoms with van der Waals surface area (Å²) in [6, 6.07) is 61.7. The van der Waals surface area contributed by atoms with Gasteiger partial charge in [0, 0.05) is 47.7 Å². The predicted octanol–water partition coefficient (Wildman–Crippen LogP) is 15.0. The van der Waals surface area contributed by atoms with E-state index in [1.807, 2.05) is 11.3 Å². The molecule has 10 rings (SSSR count). The van der Waals surface area contributed by atoms with E-state index in [0.29, 0.717) is 5.02 Å². The molecule has 9 aromatic rings. The fraction of sp³-hybridized carbons (Fsp3) is 0.0612. The summed E-state index contributed by atoms with van der Waals surface area (Å²) in [5, 5.41) is 5.74. The zero-order valence-corrected chi connectivity index (χ0v) is 30.5. The Bertz CT molecular complexity index is 2850. The molecule has 1 aromatic heterocycles. The van der Waals surface area contributed by atoms with E-state index in [1.165, 1.54) is 69.9 Å². The topological polar surface area (TPSA) is 3.24 Å². The number of nitrogens with zero attached hydrogens (tertiary/aromatic N) is 1. The summed E-state index contributed by atoms with van der Waals surface area (Å²) in [5.74, 6) is 0. The SMILES string of the molecule is CC1(C)c2ccccc2-c2c1ccc1c(-c3cc(Cl)cc(N(c4cccc(-c5ccccc5)c4)c4ccc5sc6ccccc6c5c4)c3)cccc21. The summed E-state index contributed by atoms with van der Waals surface area (Å²) >= 11 is 8.97. The molecule has 1 aliphatic rings. The van der Waals surface area contributed by atoms with Crippen molar-refractivity contribution in [3.63, 3.8) is 0 Å². The summed E-state index contributed by atoms with van der Waals surface area (Å²) in [6.45, 7) is 4.68. The number of benzene rings is 8. The van der Waals surface area contributed by atoms with Gasteiger partial charge in [0.1, 0.15) is 0 Å². The first kappa shape index (κ1) is 31.1. The van der Waals surface area contributed by atoms with Crippen LogP contribution in [0.3, 0.4) is 0 Å². The summed E-state index contributed by atoms with van der Waals surface area (Å²) in [4.78, 5) is 2.36. The second-order valence-corrected chi connectivity index (χ2v) is 15.8. The maximum atomic E-state index is 7.13. The van der Waals surface area contributed by atoms with Gasteiger partial charge < -0.3 is 4.90 Å². The van der Waals surface area contributed by atoms with Gasteiger partial charge in [0.15, 0.2) is 0 Å². The van der Waals surface area contributed by atoms with Gasteiger partial charge >= 0.3 is 0 Å². The molecule has 0 saturated carbocycles. The van der Waals surface area contributed by atoms with Crippen molar-refractivity contribution in [2.24, 2.45) is 0 Å². The van der Waals surface area contributed by atoms with Crippen molar-refractivity contribution in [3.8, 4) is 33.4 Å². The van der Waals surface area contributed by atoms with Crippen LogP contribution in [0.15, 0.2) is 170 Å². The van der Waals surface area contributed by atoms with Crippen LogP contribution in [0.25, 0.3) is 64.3 Å². The highest BCUT2D eigenvalue weighted by atomic mass is 35.5. The molecule has 1 aliphatic carbocycles. The Balaban J connectivity index is 1.18. The van der Waals surface area contributed by atoms with Crippen molar-refractivity contribution >= 4 is 70.9 Å². The Hall–Kier alpha value is -5.67. The van der Waals surface area contributed by atoms with Crippen LogP contribution in [0.2, 0.25) is 5.02 Å². The number of rotatable bonds is 5. The van der Waals surface area contributed by atoms with Crippen LogP contribution >= 0.6 is 22.9 Å². The summed E-state index contributed by atoms with van der Waals surface area (Å²) < 4.78 is 2.58. The highest BCUT2D eigenvalue weighted by Crippen LogP contribution is 2.52. The van der Waals surface area contributed by atoms with Gasteiger partial charge in [0.05, 0.1) is 0 Å². The number of anilines is 3. The van der Waals surface area contributed by atoms with Crippen LogP contribution in [0, 0.1) is 0 Å². The molecule has 0 bridgehead atoms. The van der Waals surface area contributed by atoms with Gasteiger partial charge in [-0.3, -0.25) is 0 Å². The Kier molecular flexibility index (Phi) is 7.15. The van der Waals surface area contributed by atoms with Crippen LogP contribution in [0.4, 0.5) is 17.1 Å². The first-order valence-corrected chi connectivity index (χ1v) is 19.0. The fourth-order valence-electron chi connectivity index (χ4n) is 8.43. The minimum Gasteiger partial charge on any atom is -0.310 e. The normalized spacial score (nSPS) is 13.1. The van der Waals surface area contributed by atoms with Crippen molar-refractivity contribution in [2.75, 3.05) is 4.90 Å². The maximum Gasteiger partial charge on any atom is 0.0482 e. The number of fused-ring (bicyclic) bond motifs is 8. The molecule has 0 spiro atoms. The molecule has 248 valence electrons. The zero-order chi connectivity index (χ0) is 35.0. The molecule has 0 radical (unpaired) electrons. The third-order valence-electron chi connectivity index (χ3n) is 10.9. The van der Waals surface area contributed by atoms with Crippen molar-refractivity contribution in [1.82, 2.24) is 0 Å². The molecule has 0 aliphatic heterocycles. The average molecular weight is 704 g/mol. The van der Waals surface area contributed by atoms with Crippen LogP contribution in [-0.4, -0.2) is 0 Å². The van der Waals surface area contributed by atoms with Gasteiger partial charge in [-0.2, -0.15) is 0 Å². The number of halogens is 1. The molecular weight excluding hydrogens is 670 g/mol. The number of hydrogen-bond acceptors (Lipinski definition) is 2. The largest absolute Gasteiger partial charge is 0.310 e. The van der Waals surface area contributed by atoms with E-state index in [0.717, 1.165) is 22.6 Å². The number of thiophene rings is 1. The van der Waals surface area contributed by atoms with Gasteiger partial charge in [-0.1, -0.05) is 141 Å². The Morgan fingerprint density at radius 1 is 0.442 bits per heavy atom. The standard InChI is InChI=1S/C49H34ClNS/c1-49(2)44-20-8-6-17-42(44)48-41-19-11-18-38(39(41)23-24-45(48)49)33-26-34(50)29-37(28-33)51(35-15-10-14-32(27-35)31-12-4-3-5-13-31)36-22-25-47-43(30-36)40-16-7-9-21-46(40)52-47/h3-30H,1-2H3. The second kappa shape index (κ2) is 12.0. The van der Waals surface area contributed by atoms with E-state index in [2.05, 4.69) is 189 Å². The van der Waals surface area contributed by atoms with E-state index in [4.69, 9.17) is 11.6 Å². The molecule has 0 amide bonds. The van der Waals surface area contributed by atoms with Gasteiger partial charge in [0.25, 0.3) is 0 Å². The molecule has 0 saturated heterocycles. The van der Waals surface area contributed by atoms with E-state index < -0.39 is 0 Å². The second-order valence-electron chi connectivity index (χ2n) is 14.3. The lowest BCUT2D eigenvalue weighted by Gasteiger charge is -2.27. The average Bonchev–Trinajstić information content (AvgIpc) is 3.66. The molecule has 0 atom stereocenters. The van der Waals surface area contributed by atoms with Crippen LogP contribution < -0.4 is 4.90 Å². The lowest BCUT2D eigenvalue weighted by Crippen LogP contribution is -2.14. The lowest BCUT2D eigenvalue weighted by molar-refractivity contribution is 0.661. The third-order valence-corrected chi connectivity index (χ3v) is 12.3. The maximum absolute atomic E-state index is 7.13. The highest BCUT2D eigenvalue weighted by Gasteiger charge is 2.36. The Morgan fingerprint density at radius 3 is 2.04 bits per heavy atom. The Morgan fingerprint density at radius 2 is 1.13 bits per heavy atom. The van der Waals surface area contributed by atoms with Gasteiger partial charge in [-0.25, -0.2) is 0 Å². The van der Waals surface area contributed by atoms with E-state index >= 15 is 0 Å². The van der Waals surface area contributed by atoms with Crippen molar-refractivity contribution < 1.29 is 0 Å². The monoisotopic (exact) mass is 703 g/mol. The smallest absolute Gasteiger partial charge is 0.0482 e. The van der Waals surface area contributed by atoms with Gasteiger partial charge in [0.2, 0.25) is 0 Å². The lowest BCUT2D eigenvalue weighted by atomic mass is 9.82. The molecular formula is C49H34ClNS. The minimum absolute atomic E-state index is 0.0526. The molecule has 52 heavy (non-hydrogen) atoms. The molecule has 3 heteroatoms. The van der Waals surface area contributed by atoms with Crippen molar-refractivity contribution in [3.05, 3.63) is 186 Å². The highest BCUT2D eigenvalue weighted by molar-refractivity contribution is 7.25. The first-order chi connectivity index (χ1) is 25.4. The van der Waals surface area contributed by atoms with Crippen LogP contribution in [-0.2, 0) is 5.41 Å². The number of hydrogen-bond donors (Lipinski definition) is 0. The van der Waals surface area contributed by atoms with Gasteiger partial charge in [-0.15, -0.1) is 11.3 Å². The molecule has 0 N–H and O–H groups in total. The summed E-state index contributed by atoms with van der Waals surface area (Å²) in [6.07, 6.45) is 0.